The standard InChI is InChI=1S/C23H44N2O4/c1-5-7-9-10-11-12-13-14-15-17-20(26)25-21(18(3)4)22(27)24-19(23(28)29)16-8-6-2/h18-19,21H,5-17H2,1-4H3,(H,24,27)(H,25,26)(H,28,29)/t19?,21-/m0/s1. The molecular weight excluding hydrogens is 368 g/mol. The SMILES string of the molecule is CCCCCCCCCCCC(=O)N[C@H](C(=O)NC(CCCC)C(=O)O)C(C)C. The van der Waals surface area contributed by atoms with Gasteiger partial charge in [-0.2, -0.15) is 0 Å². The number of hydrogen-bond donors (Lipinski definition) is 3. The molecule has 0 heterocycles. The molecule has 0 aliphatic heterocycles. The van der Waals surface area contributed by atoms with Crippen LogP contribution in [0.1, 0.15) is 111 Å². The zero-order valence-corrected chi connectivity index (χ0v) is 19.1. The fraction of sp³-hybridized carbons (Fsp3) is 0.870. The van der Waals surface area contributed by atoms with Crippen LogP contribution in [0.25, 0.3) is 0 Å². The second-order valence-corrected chi connectivity index (χ2v) is 8.41. The van der Waals surface area contributed by atoms with Crippen LogP contribution in [0.5, 0.6) is 0 Å². The van der Waals surface area contributed by atoms with E-state index in [2.05, 4.69) is 17.6 Å². The summed E-state index contributed by atoms with van der Waals surface area (Å²) in [6.45, 7) is 7.90. The van der Waals surface area contributed by atoms with Gasteiger partial charge in [-0.3, -0.25) is 9.59 Å². The Kier molecular flexibility index (Phi) is 16.3. The van der Waals surface area contributed by atoms with Crippen LogP contribution in [0.2, 0.25) is 0 Å². The largest absolute Gasteiger partial charge is 0.480 e. The molecule has 0 fully saturated rings. The monoisotopic (exact) mass is 412 g/mol. The van der Waals surface area contributed by atoms with E-state index in [4.69, 9.17) is 0 Å². The summed E-state index contributed by atoms with van der Waals surface area (Å²) in [7, 11) is 0. The molecule has 0 spiro atoms. The Morgan fingerprint density at radius 2 is 1.28 bits per heavy atom. The number of carboxylic acids is 1. The summed E-state index contributed by atoms with van der Waals surface area (Å²) in [5.74, 6) is -1.69. The van der Waals surface area contributed by atoms with Crippen LogP contribution in [-0.4, -0.2) is 35.0 Å². The summed E-state index contributed by atoms with van der Waals surface area (Å²) in [6.07, 6.45) is 13.1. The predicted molar refractivity (Wildman–Crippen MR) is 118 cm³/mol. The third-order valence-corrected chi connectivity index (χ3v) is 5.23. The van der Waals surface area contributed by atoms with Crippen molar-refractivity contribution in [1.82, 2.24) is 10.6 Å². The molecule has 0 aliphatic rings. The highest BCUT2D eigenvalue weighted by atomic mass is 16.4. The maximum Gasteiger partial charge on any atom is 0.326 e. The van der Waals surface area contributed by atoms with Crippen LogP contribution in [-0.2, 0) is 14.4 Å². The molecule has 29 heavy (non-hydrogen) atoms. The van der Waals surface area contributed by atoms with Gasteiger partial charge in [-0.15, -0.1) is 0 Å². The Morgan fingerprint density at radius 3 is 1.76 bits per heavy atom. The molecule has 0 aromatic heterocycles. The van der Waals surface area contributed by atoms with E-state index in [1.807, 2.05) is 20.8 Å². The molecule has 0 rings (SSSR count). The Bertz CT molecular complexity index is 466. The number of carboxylic acid groups (broad SMARTS) is 1. The second kappa shape index (κ2) is 17.3. The highest BCUT2D eigenvalue weighted by Crippen LogP contribution is 2.11. The zero-order chi connectivity index (χ0) is 22.1. The van der Waals surface area contributed by atoms with Crippen LogP contribution in [0.15, 0.2) is 0 Å². The van der Waals surface area contributed by atoms with E-state index in [1.54, 1.807) is 0 Å². The molecule has 0 aromatic carbocycles. The van der Waals surface area contributed by atoms with E-state index >= 15 is 0 Å². The number of carbonyl (C=O) groups is 3. The Morgan fingerprint density at radius 1 is 0.759 bits per heavy atom. The van der Waals surface area contributed by atoms with Crippen molar-refractivity contribution in [3.8, 4) is 0 Å². The smallest absolute Gasteiger partial charge is 0.326 e. The van der Waals surface area contributed by atoms with Crippen LogP contribution < -0.4 is 10.6 Å². The van der Waals surface area contributed by atoms with E-state index in [0.717, 1.165) is 32.1 Å². The third kappa shape index (κ3) is 14.1. The normalized spacial score (nSPS) is 13.1. The Balaban J connectivity index is 4.24. The molecule has 0 bridgehead atoms. The molecular formula is C23H44N2O4. The summed E-state index contributed by atoms with van der Waals surface area (Å²) in [5.41, 5.74) is 0. The van der Waals surface area contributed by atoms with Crippen molar-refractivity contribution in [2.24, 2.45) is 5.92 Å². The zero-order valence-electron chi connectivity index (χ0n) is 19.1. The molecule has 0 radical (unpaired) electrons. The van der Waals surface area contributed by atoms with Gasteiger partial charge in [-0.05, 0) is 18.8 Å². The number of rotatable bonds is 18. The number of nitrogens with one attached hydrogen (secondary N) is 2. The predicted octanol–water partition coefficient (Wildman–Crippen LogP) is 4.81. The summed E-state index contributed by atoms with van der Waals surface area (Å²) in [6, 6.07) is -1.61. The van der Waals surface area contributed by atoms with Crippen molar-refractivity contribution < 1.29 is 19.5 Å². The summed E-state index contributed by atoms with van der Waals surface area (Å²) < 4.78 is 0. The Labute approximate surface area is 177 Å². The first kappa shape index (κ1) is 27.4. The van der Waals surface area contributed by atoms with Gasteiger partial charge in [0.15, 0.2) is 0 Å². The molecule has 2 amide bonds. The maximum atomic E-state index is 12.5. The first-order valence-electron chi connectivity index (χ1n) is 11.7. The molecule has 2 atom stereocenters. The average molecular weight is 413 g/mol. The fourth-order valence-corrected chi connectivity index (χ4v) is 3.30. The van der Waals surface area contributed by atoms with Gasteiger partial charge in [0.2, 0.25) is 11.8 Å². The van der Waals surface area contributed by atoms with Gasteiger partial charge in [-0.25, -0.2) is 4.79 Å². The van der Waals surface area contributed by atoms with Gasteiger partial charge >= 0.3 is 5.97 Å². The van der Waals surface area contributed by atoms with Crippen LogP contribution in [0.4, 0.5) is 0 Å². The Hall–Kier alpha value is -1.59. The van der Waals surface area contributed by atoms with Crippen molar-refractivity contribution >= 4 is 17.8 Å². The van der Waals surface area contributed by atoms with Crippen molar-refractivity contribution in [2.45, 2.75) is 123 Å². The van der Waals surface area contributed by atoms with E-state index in [9.17, 15) is 19.5 Å². The van der Waals surface area contributed by atoms with E-state index < -0.39 is 24.0 Å². The number of amides is 2. The lowest BCUT2D eigenvalue weighted by Crippen LogP contribution is -2.53. The molecule has 1 unspecified atom stereocenters. The molecule has 6 heteroatoms. The van der Waals surface area contributed by atoms with Gasteiger partial charge in [0, 0.05) is 6.42 Å². The van der Waals surface area contributed by atoms with Crippen molar-refractivity contribution in [1.29, 1.82) is 0 Å². The molecule has 0 saturated carbocycles. The highest BCUT2D eigenvalue weighted by Gasteiger charge is 2.28. The highest BCUT2D eigenvalue weighted by molar-refractivity contribution is 5.90. The van der Waals surface area contributed by atoms with Gasteiger partial charge < -0.3 is 15.7 Å². The van der Waals surface area contributed by atoms with E-state index in [-0.39, 0.29) is 11.8 Å². The van der Waals surface area contributed by atoms with Crippen molar-refractivity contribution in [3.05, 3.63) is 0 Å². The third-order valence-electron chi connectivity index (χ3n) is 5.23. The molecule has 0 saturated heterocycles. The summed E-state index contributed by atoms with van der Waals surface area (Å²) >= 11 is 0. The molecule has 3 N–H and O–H groups in total. The van der Waals surface area contributed by atoms with Gasteiger partial charge in [-0.1, -0.05) is 91.9 Å². The lowest BCUT2D eigenvalue weighted by atomic mass is 10.0. The van der Waals surface area contributed by atoms with E-state index in [0.29, 0.717) is 12.8 Å². The maximum absolute atomic E-state index is 12.5. The van der Waals surface area contributed by atoms with Crippen molar-refractivity contribution in [2.75, 3.05) is 0 Å². The first-order chi connectivity index (χ1) is 13.8. The molecule has 6 nitrogen and oxygen atoms in total. The first-order valence-corrected chi connectivity index (χ1v) is 11.7. The van der Waals surface area contributed by atoms with Gasteiger partial charge in [0.1, 0.15) is 12.1 Å². The van der Waals surface area contributed by atoms with Gasteiger partial charge in [0.25, 0.3) is 0 Å². The minimum absolute atomic E-state index is 0.109. The number of aliphatic carboxylic acids is 1. The molecule has 0 aromatic rings. The minimum Gasteiger partial charge on any atom is -0.480 e. The summed E-state index contributed by atoms with van der Waals surface area (Å²) in [5, 5.41) is 14.7. The van der Waals surface area contributed by atoms with Crippen molar-refractivity contribution in [3.63, 3.8) is 0 Å². The molecule has 0 aliphatic carbocycles. The van der Waals surface area contributed by atoms with E-state index in [1.165, 1.54) is 38.5 Å². The topological polar surface area (TPSA) is 95.5 Å². The van der Waals surface area contributed by atoms with Crippen LogP contribution in [0, 0.1) is 5.92 Å². The minimum atomic E-state index is -1.03. The lowest BCUT2D eigenvalue weighted by Gasteiger charge is -2.24. The fourth-order valence-electron chi connectivity index (χ4n) is 3.30. The summed E-state index contributed by atoms with van der Waals surface area (Å²) in [4.78, 5) is 36.1. The average Bonchev–Trinajstić information content (AvgIpc) is 2.67. The second-order valence-electron chi connectivity index (χ2n) is 8.41. The number of carbonyl (C=O) groups excluding carboxylic acids is 2. The lowest BCUT2D eigenvalue weighted by molar-refractivity contribution is -0.142. The molecule has 170 valence electrons. The van der Waals surface area contributed by atoms with Gasteiger partial charge in [0.05, 0.1) is 0 Å². The quantitative estimate of drug-likeness (QED) is 0.282. The van der Waals surface area contributed by atoms with Crippen LogP contribution >= 0.6 is 0 Å². The number of hydrogen-bond acceptors (Lipinski definition) is 3. The number of unbranched alkanes of at least 4 members (excludes halogenated alkanes) is 9. The van der Waals surface area contributed by atoms with Crippen LogP contribution in [0.3, 0.4) is 0 Å².